The number of carbonyl (C=O) groups excluding carboxylic acids is 1. The van der Waals surface area contributed by atoms with Crippen LogP contribution in [-0.2, 0) is 9.53 Å². The molecule has 0 saturated carbocycles. The third-order valence-corrected chi connectivity index (χ3v) is 1.77. The minimum atomic E-state index is -0.0575. The normalized spacial score (nSPS) is 10.6. The van der Waals surface area contributed by atoms with Crippen LogP contribution >= 0.6 is 0 Å². The molecule has 0 N–H and O–H groups in total. The first kappa shape index (κ1) is 12.2. The SMILES string of the molecule is C/C=C/CCOC(=O)CCCCC. The lowest BCUT2D eigenvalue weighted by Gasteiger charge is -2.01. The molecule has 0 aliphatic heterocycles. The lowest BCUT2D eigenvalue weighted by molar-refractivity contribution is -0.143. The Balaban J connectivity index is 3.20. The molecule has 0 saturated heterocycles. The molecule has 0 spiro atoms. The largest absolute Gasteiger partial charge is 0.465 e. The highest BCUT2D eigenvalue weighted by Gasteiger charge is 2.00. The van der Waals surface area contributed by atoms with Gasteiger partial charge in [-0.3, -0.25) is 4.79 Å². The number of hydrogen-bond donors (Lipinski definition) is 0. The number of carbonyl (C=O) groups is 1. The number of hydrogen-bond acceptors (Lipinski definition) is 2. The molecule has 0 unspecified atom stereocenters. The van der Waals surface area contributed by atoms with Gasteiger partial charge in [0.25, 0.3) is 0 Å². The zero-order valence-electron chi connectivity index (χ0n) is 8.71. The van der Waals surface area contributed by atoms with E-state index in [0.717, 1.165) is 25.7 Å². The second-order valence-corrected chi connectivity index (χ2v) is 3.04. The molecular weight excluding hydrogens is 164 g/mol. The van der Waals surface area contributed by atoms with Crippen LogP contribution in [0.2, 0.25) is 0 Å². The first-order valence-corrected chi connectivity index (χ1v) is 5.08. The monoisotopic (exact) mass is 184 g/mol. The Kier molecular flexibility index (Phi) is 8.73. The molecule has 0 bridgehead atoms. The van der Waals surface area contributed by atoms with E-state index in [-0.39, 0.29) is 5.97 Å². The van der Waals surface area contributed by atoms with Crippen LogP contribution in [0, 0.1) is 0 Å². The molecule has 0 aliphatic rings. The number of unbranched alkanes of at least 4 members (excludes halogenated alkanes) is 2. The maximum Gasteiger partial charge on any atom is 0.305 e. The second-order valence-electron chi connectivity index (χ2n) is 3.04. The molecule has 0 rings (SSSR count). The summed E-state index contributed by atoms with van der Waals surface area (Å²) in [5.74, 6) is -0.0575. The van der Waals surface area contributed by atoms with Gasteiger partial charge in [-0.25, -0.2) is 0 Å². The molecule has 0 heterocycles. The van der Waals surface area contributed by atoms with Crippen LogP contribution in [0.3, 0.4) is 0 Å². The van der Waals surface area contributed by atoms with Crippen LogP contribution in [-0.4, -0.2) is 12.6 Å². The van der Waals surface area contributed by atoms with Crippen molar-refractivity contribution in [3.05, 3.63) is 12.2 Å². The zero-order valence-corrected chi connectivity index (χ0v) is 8.71. The smallest absolute Gasteiger partial charge is 0.305 e. The van der Waals surface area contributed by atoms with E-state index >= 15 is 0 Å². The molecule has 2 nitrogen and oxygen atoms in total. The average Bonchev–Trinajstić information content (AvgIpc) is 2.13. The van der Waals surface area contributed by atoms with E-state index in [4.69, 9.17) is 4.74 Å². The maximum atomic E-state index is 11.0. The van der Waals surface area contributed by atoms with Crippen molar-refractivity contribution in [3.8, 4) is 0 Å². The molecule has 2 heteroatoms. The third kappa shape index (κ3) is 9.12. The predicted octanol–water partition coefficient (Wildman–Crippen LogP) is 3.08. The Hall–Kier alpha value is -0.790. The summed E-state index contributed by atoms with van der Waals surface area (Å²) in [7, 11) is 0. The summed E-state index contributed by atoms with van der Waals surface area (Å²) in [6, 6.07) is 0. The Morgan fingerprint density at radius 2 is 2.15 bits per heavy atom. The molecule has 0 aromatic carbocycles. The molecule has 0 aliphatic carbocycles. The molecular formula is C11H20O2. The summed E-state index contributed by atoms with van der Waals surface area (Å²) < 4.78 is 5.00. The molecule has 0 atom stereocenters. The average molecular weight is 184 g/mol. The van der Waals surface area contributed by atoms with E-state index in [1.165, 1.54) is 0 Å². The highest BCUT2D eigenvalue weighted by Crippen LogP contribution is 2.00. The van der Waals surface area contributed by atoms with E-state index < -0.39 is 0 Å². The summed E-state index contributed by atoms with van der Waals surface area (Å²) in [6.07, 6.45) is 8.58. The van der Waals surface area contributed by atoms with Gasteiger partial charge in [-0.15, -0.1) is 0 Å². The Morgan fingerprint density at radius 3 is 2.77 bits per heavy atom. The highest BCUT2D eigenvalue weighted by atomic mass is 16.5. The van der Waals surface area contributed by atoms with Crippen LogP contribution < -0.4 is 0 Å². The maximum absolute atomic E-state index is 11.0. The molecule has 0 amide bonds. The van der Waals surface area contributed by atoms with E-state index in [9.17, 15) is 4.79 Å². The van der Waals surface area contributed by atoms with Crippen LogP contribution in [0.4, 0.5) is 0 Å². The summed E-state index contributed by atoms with van der Waals surface area (Å²) >= 11 is 0. The minimum absolute atomic E-state index is 0.0575. The Morgan fingerprint density at radius 1 is 1.38 bits per heavy atom. The molecule has 0 radical (unpaired) electrons. The molecule has 0 fully saturated rings. The fourth-order valence-corrected chi connectivity index (χ4v) is 0.999. The molecule has 13 heavy (non-hydrogen) atoms. The minimum Gasteiger partial charge on any atom is -0.465 e. The lowest BCUT2D eigenvalue weighted by Crippen LogP contribution is -2.04. The van der Waals surface area contributed by atoms with E-state index in [2.05, 4.69) is 6.92 Å². The molecule has 0 aromatic rings. The van der Waals surface area contributed by atoms with Crippen molar-refractivity contribution in [1.29, 1.82) is 0 Å². The van der Waals surface area contributed by atoms with Crippen molar-refractivity contribution in [2.75, 3.05) is 6.61 Å². The van der Waals surface area contributed by atoms with Crippen molar-refractivity contribution in [3.63, 3.8) is 0 Å². The van der Waals surface area contributed by atoms with Gasteiger partial charge in [0.15, 0.2) is 0 Å². The van der Waals surface area contributed by atoms with Gasteiger partial charge < -0.3 is 4.74 Å². The van der Waals surface area contributed by atoms with Gasteiger partial charge in [0.05, 0.1) is 6.61 Å². The highest BCUT2D eigenvalue weighted by molar-refractivity contribution is 5.69. The van der Waals surface area contributed by atoms with E-state index in [0.29, 0.717) is 13.0 Å². The summed E-state index contributed by atoms with van der Waals surface area (Å²) in [6.45, 7) is 4.61. The summed E-state index contributed by atoms with van der Waals surface area (Å²) in [4.78, 5) is 11.0. The van der Waals surface area contributed by atoms with E-state index in [1.54, 1.807) is 0 Å². The van der Waals surface area contributed by atoms with Crippen LogP contribution in [0.25, 0.3) is 0 Å². The number of rotatable bonds is 7. The number of allylic oxidation sites excluding steroid dienone is 1. The molecule has 76 valence electrons. The number of esters is 1. The fourth-order valence-electron chi connectivity index (χ4n) is 0.999. The van der Waals surface area contributed by atoms with Crippen LogP contribution in [0.15, 0.2) is 12.2 Å². The fraction of sp³-hybridized carbons (Fsp3) is 0.727. The Labute approximate surface area is 81.0 Å². The molecule has 0 aromatic heterocycles. The van der Waals surface area contributed by atoms with Gasteiger partial charge in [0, 0.05) is 6.42 Å². The number of ether oxygens (including phenoxy) is 1. The third-order valence-electron chi connectivity index (χ3n) is 1.77. The van der Waals surface area contributed by atoms with Gasteiger partial charge >= 0.3 is 5.97 Å². The first-order valence-electron chi connectivity index (χ1n) is 5.08. The zero-order chi connectivity index (χ0) is 9.94. The van der Waals surface area contributed by atoms with Gasteiger partial charge in [0.1, 0.15) is 0 Å². The van der Waals surface area contributed by atoms with Crippen LogP contribution in [0.1, 0.15) is 46.0 Å². The summed E-state index contributed by atoms with van der Waals surface area (Å²) in [5.41, 5.74) is 0. The standard InChI is InChI=1S/C11H20O2/c1-3-5-7-9-11(12)13-10-8-6-4-2/h4,6H,3,5,7-10H2,1-2H3/b6-4+. The summed E-state index contributed by atoms with van der Waals surface area (Å²) in [5, 5.41) is 0. The predicted molar refractivity (Wildman–Crippen MR) is 54.5 cm³/mol. The quantitative estimate of drug-likeness (QED) is 0.345. The van der Waals surface area contributed by atoms with Gasteiger partial charge in [-0.05, 0) is 19.8 Å². The van der Waals surface area contributed by atoms with Gasteiger partial charge in [-0.1, -0.05) is 31.9 Å². The van der Waals surface area contributed by atoms with Crippen molar-refractivity contribution in [1.82, 2.24) is 0 Å². The van der Waals surface area contributed by atoms with Gasteiger partial charge in [0.2, 0.25) is 0 Å². The van der Waals surface area contributed by atoms with Crippen molar-refractivity contribution < 1.29 is 9.53 Å². The van der Waals surface area contributed by atoms with E-state index in [1.807, 2.05) is 19.1 Å². The van der Waals surface area contributed by atoms with Crippen LogP contribution in [0.5, 0.6) is 0 Å². The topological polar surface area (TPSA) is 26.3 Å². The van der Waals surface area contributed by atoms with Crippen molar-refractivity contribution in [2.24, 2.45) is 0 Å². The lowest BCUT2D eigenvalue weighted by atomic mass is 10.2. The Bertz CT molecular complexity index is 150. The first-order chi connectivity index (χ1) is 6.31. The second kappa shape index (κ2) is 9.30. The van der Waals surface area contributed by atoms with Crippen molar-refractivity contribution in [2.45, 2.75) is 46.0 Å². The van der Waals surface area contributed by atoms with Crippen molar-refractivity contribution >= 4 is 5.97 Å². The van der Waals surface area contributed by atoms with Gasteiger partial charge in [-0.2, -0.15) is 0 Å².